The minimum Gasteiger partial charge on any atom is -0.497 e. The summed E-state index contributed by atoms with van der Waals surface area (Å²) >= 11 is 0. The van der Waals surface area contributed by atoms with Crippen molar-refractivity contribution in [3.63, 3.8) is 0 Å². The first kappa shape index (κ1) is 19.4. The monoisotopic (exact) mass is 382 g/mol. The first-order valence-corrected chi connectivity index (χ1v) is 9.02. The molecule has 0 amide bonds. The van der Waals surface area contributed by atoms with Gasteiger partial charge in [-0.05, 0) is 49.7 Å². The van der Waals surface area contributed by atoms with Crippen molar-refractivity contribution in [3.05, 3.63) is 64.7 Å². The smallest absolute Gasteiger partial charge is 0.306 e. The second-order valence-corrected chi connectivity index (χ2v) is 6.23. The Balaban J connectivity index is 1.48. The van der Waals surface area contributed by atoms with Crippen LogP contribution in [0.4, 0.5) is 0 Å². The molecule has 0 spiro atoms. The van der Waals surface area contributed by atoms with Gasteiger partial charge in [-0.1, -0.05) is 12.1 Å². The summed E-state index contributed by atoms with van der Waals surface area (Å²) < 4.78 is 16.1. The number of esters is 1. The van der Waals surface area contributed by atoms with Gasteiger partial charge in [0.2, 0.25) is 0 Å². The number of para-hydroxylation sites is 1. The molecule has 1 heterocycles. The average molecular weight is 382 g/mol. The highest BCUT2D eigenvalue weighted by molar-refractivity contribution is 5.77. The molecule has 146 valence electrons. The molecule has 0 aliphatic heterocycles. The number of hydrogen-bond donors (Lipinski definition) is 1. The molecule has 0 bridgehead atoms. The highest BCUT2D eigenvalue weighted by Gasteiger charge is 2.15. The van der Waals surface area contributed by atoms with E-state index in [0.29, 0.717) is 35.5 Å². The van der Waals surface area contributed by atoms with E-state index in [1.165, 1.54) is 0 Å². The van der Waals surface area contributed by atoms with Gasteiger partial charge in [0.25, 0.3) is 5.56 Å². The lowest BCUT2D eigenvalue weighted by Crippen LogP contribution is -2.17. The molecule has 2 aromatic carbocycles. The van der Waals surface area contributed by atoms with Crippen molar-refractivity contribution < 1.29 is 19.0 Å². The maximum absolute atomic E-state index is 12.1. The number of carbonyl (C=O) groups is 1. The number of hydrogen-bond acceptors (Lipinski definition) is 6. The van der Waals surface area contributed by atoms with Gasteiger partial charge in [-0.15, -0.1) is 0 Å². The quantitative estimate of drug-likeness (QED) is 0.474. The summed E-state index contributed by atoms with van der Waals surface area (Å²) in [4.78, 5) is 31.2. The largest absolute Gasteiger partial charge is 0.497 e. The number of fused-ring (bicyclic) bond motifs is 1. The molecule has 3 aromatic rings. The molecule has 1 atom stereocenters. The van der Waals surface area contributed by atoms with Crippen LogP contribution in [0.1, 0.15) is 31.7 Å². The zero-order valence-corrected chi connectivity index (χ0v) is 15.8. The Morgan fingerprint density at radius 2 is 1.82 bits per heavy atom. The average Bonchev–Trinajstić information content (AvgIpc) is 2.71. The van der Waals surface area contributed by atoms with Crippen LogP contribution in [0, 0.1) is 0 Å². The highest BCUT2D eigenvalue weighted by Crippen LogP contribution is 2.18. The van der Waals surface area contributed by atoms with Gasteiger partial charge in [0.1, 0.15) is 11.5 Å². The number of benzene rings is 2. The summed E-state index contributed by atoms with van der Waals surface area (Å²) in [6.07, 6.45) is 0.0738. The summed E-state index contributed by atoms with van der Waals surface area (Å²) in [5.41, 5.74) is 0.313. The number of carbonyl (C=O) groups excluding carboxylic acids is 1. The van der Waals surface area contributed by atoms with Crippen LogP contribution in [0.25, 0.3) is 10.9 Å². The molecule has 0 aliphatic carbocycles. The van der Waals surface area contributed by atoms with Crippen molar-refractivity contribution in [3.8, 4) is 11.5 Å². The van der Waals surface area contributed by atoms with Gasteiger partial charge < -0.3 is 19.2 Å². The number of H-pyrrole nitrogens is 1. The predicted octanol–water partition coefficient (Wildman–Crippen LogP) is 3.40. The minimum absolute atomic E-state index is 0.207. The number of ether oxygens (including phenoxy) is 3. The predicted molar refractivity (Wildman–Crippen MR) is 105 cm³/mol. The highest BCUT2D eigenvalue weighted by atomic mass is 16.5. The van der Waals surface area contributed by atoms with Crippen LogP contribution in [0.15, 0.2) is 53.3 Å². The second kappa shape index (κ2) is 9.03. The minimum atomic E-state index is -0.646. The number of aromatic nitrogens is 2. The van der Waals surface area contributed by atoms with Crippen LogP contribution in [0.2, 0.25) is 0 Å². The van der Waals surface area contributed by atoms with Crippen LogP contribution in [0.5, 0.6) is 11.5 Å². The van der Waals surface area contributed by atoms with Gasteiger partial charge >= 0.3 is 5.97 Å². The summed E-state index contributed by atoms with van der Waals surface area (Å²) in [6, 6.07) is 14.3. The normalized spacial score (nSPS) is 11.8. The maximum Gasteiger partial charge on any atom is 0.306 e. The lowest BCUT2D eigenvalue weighted by Gasteiger charge is -2.13. The van der Waals surface area contributed by atoms with Crippen LogP contribution < -0.4 is 15.0 Å². The Kier molecular flexibility index (Phi) is 6.26. The molecule has 28 heavy (non-hydrogen) atoms. The van der Waals surface area contributed by atoms with Crippen molar-refractivity contribution in [2.24, 2.45) is 0 Å². The van der Waals surface area contributed by atoms with E-state index in [0.717, 1.165) is 5.75 Å². The maximum atomic E-state index is 12.1. The number of methoxy groups -OCH3 is 1. The van der Waals surface area contributed by atoms with Gasteiger partial charge in [0, 0.05) is 6.42 Å². The Morgan fingerprint density at radius 3 is 2.57 bits per heavy atom. The van der Waals surface area contributed by atoms with E-state index in [1.54, 1.807) is 50.4 Å². The third kappa shape index (κ3) is 4.88. The van der Waals surface area contributed by atoms with Gasteiger partial charge in [-0.3, -0.25) is 9.59 Å². The Bertz CT molecular complexity index is 998. The number of aromatic amines is 1. The summed E-state index contributed by atoms with van der Waals surface area (Å²) in [6.45, 7) is 2.07. The zero-order valence-electron chi connectivity index (χ0n) is 15.8. The molecular weight excluding hydrogens is 360 g/mol. The van der Waals surface area contributed by atoms with Gasteiger partial charge in [0.05, 0.1) is 24.6 Å². The lowest BCUT2D eigenvalue weighted by molar-refractivity contribution is -0.149. The standard InChI is InChI=1S/C21H22N2O5/c1-14(20-22-18-7-4-3-6-17(18)21(25)23-20)28-19(24)8-5-13-27-16-11-9-15(26-2)10-12-16/h3-4,6-7,9-12,14H,5,8,13H2,1-2H3,(H,22,23,25)/t14-/m0/s1. The van der Waals surface area contributed by atoms with E-state index < -0.39 is 6.10 Å². The van der Waals surface area contributed by atoms with E-state index in [4.69, 9.17) is 14.2 Å². The molecule has 7 heteroatoms. The molecule has 0 fully saturated rings. The molecule has 0 aliphatic rings. The second-order valence-electron chi connectivity index (χ2n) is 6.23. The fraction of sp³-hybridized carbons (Fsp3) is 0.286. The van der Waals surface area contributed by atoms with E-state index in [1.807, 2.05) is 12.1 Å². The molecule has 1 aromatic heterocycles. The first-order valence-electron chi connectivity index (χ1n) is 9.02. The van der Waals surface area contributed by atoms with Crippen LogP contribution in [-0.4, -0.2) is 29.7 Å². The fourth-order valence-electron chi connectivity index (χ4n) is 2.69. The molecule has 0 radical (unpaired) electrons. The van der Waals surface area contributed by atoms with Crippen LogP contribution in [-0.2, 0) is 9.53 Å². The summed E-state index contributed by atoms with van der Waals surface area (Å²) in [7, 11) is 1.60. The lowest BCUT2D eigenvalue weighted by atomic mass is 10.2. The van der Waals surface area contributed by atoms with E-state index in [9.17, 15) is 9.59 Å². The number of nitrogens with one attached hydrogen (secondary N) is 1. The number of nitrogens with zero attached hydrogens (tertiary/aromatic N) is 1. The molecule has 1 N–H and O–H groups in total. The Hall–Kier alpha value is -3.35. The van der Waals surface area contributed by atoms with Crippen LogP contribution in [0.3, 0.4) is 0 Å². The number of rotatable bonds is 8. The third-order valence-electron chi connectivity index (χ3n) is 4.18. The Labute approximate surface area is 162 Å². The fourth-order valence-corrected chi connectivity index (χ4v) is 2.69. The van der Waals surface area contributed by atoms with Crippen molar-refractivity contribution >= 4 is 16.9 Å². The van der Waals surface area contributed by atoms with Crippen molar-refractivity contribution in [2.45, 2.75) is 25.9 Å². The van der Waals surface area contributed by atoms with Gasteiger partial charge in [-0.25, -0.2) is 4.98 Å². The summed E-state index contributed by atoms with van der Waals surface area (Å²) in [5.74, 6) is 1.42. The van der Waals surface area contributed by atoms with Gasteiger partial charge in [0.15, 0.2) is 11.9 Å². The van der Waals surface area contributed by atoms with Crippen molar-refractivity contribution in [1.82, 2.24) is 9.97 Å². The summed E-state index contributed by atoms with van der Waals surface area (Å²) in [5, 5.41) is 0.500. The van der Waals surface area contributed by atoms with Crippen molar-refractivity contribution in [1.29, 1.82) is 0 Å². The molecular formula is C21H22N2O5. The molecule has 0 unspecified atom stereocenters. The first-order chi connectivity index (χ1) is 13.6. The van der Waals surface area contributed by atoms with Gasteiger partial charge in [-0.2, -0.15) is 0 Å². The van der Waals surface area contributed by atoms with Crippen molar-refractivity contribution in [2.75, 3.05) is 13.7 Å². The molecule has 0 saturated heterocycles. The Morgan fingerprint density at radius 1 is 1.11 bits per heavy atom. The topological polar surface area (TPSA) is 90.5 Å². The zero-order chi connectivity index (χ0) is 19.9. The van der Waals surface area contributed by atoms with E-state index in [2.05, 4.69) is 9.97 Å². The molecule has 3 rings (SSSR count). The third-order valence-corrected chi connectivity index (χ3v) is 4.18. The molecule has 0 saturated carbocycles. The van der Waals surface area contributed by atoms with E-state index in [-0.39, 0.29) is 17.9 Å². The molecule has 7 nitrogen and oxygen atoms in total. The SMILES string of the molecule is COc1ccc(OCCCC(=O)O[C@@H](C)c2nc3ccccc3c(=O)[nH]2)cc1. The van der Waals surface area contributed by atoms with E-state index >= 15 is 0 Å². The van der Waals surface area contributed by atoms with Crippen LogP contribution >= 0.6 is 0 Å².